The number of fused-ring (bicyclic) bond motifs is 1. The van der Waals surface area contributed by atoms with Crippen molar-refractivity contribution in [3.63, 3.8) is 0 Å². The van der Waals surface area contributed by atoms with Gasteiger partial charge in [0.25, 0.3) is 5.56 Å². The van der Waals surface area contributed by atoms with Gasteiger partial charge in [0.2, 0.25) is 0 Å². The molecule has 0 atom stereocenters. The topological polar surface area (TPSA) is 34.4 Å². The molecule has 0 aliphatic carbocycles. The second-order valence-corrected chi connectivity index (χ2v) is 4.22. The van der Waals surface area contributed by atoms with E-state index in [9.17, 15) is 4.79 Å². The molecule has 2 aromatic heterocycles. The minimum atomic E-state index is -0.0369. The Kier molecular flexibility index (Phi) is 2.08. The highest BCUT2D eigenvalue weighted by molar-refractivity contribution is 7.15. The van der Waals surface area contributed by atoms with Crippen molar-refractivity contribution < 1.29 is 0 Å². The Hall–Kier alpha value is -1.94. The van der Waals surface area contributed by atoms with Gasteiger partial charge in [0.1, 0.15) is 0 Å². The summed E-state index contributed by atoms with van der Waals surface area (Å²) in [7, 11) is 0. The van der Waals surface area contributed by atoms with Crippen LogP contribution in [0.15, 0.2) is 52.8 Å². The quantitative estimate of drug-likeness (QED) is 0.641. The fourth-order valence-corrected chi connectivity index (χ4v) is 2.54. The maximum absolute atomic E-state index is 11.8. The highest BCUT2D eigenvalue weighted by Crippen LogP contribution is 2.22. The minimum Gasteiger partial charge on any atom is -0.269 e. The molecule has 0 bridgehead atoms. The van der Waals surface area contributed by atoms with Crippen LogP contribution in [0.1, 0.15) is 0 Å². The number of rotatable bonds is 1. The highest BCUT2D eigenvalue weighted by Gasteiger charge is 2.07. The fraction of sp³-hybridized carbons (Fsp3) is 0. The lowest BCUT2D eigenvalue weighted by Crippen LogP contribution is -2.11. The average molecular weight is 228 g/mol. The summed E-state index contributed by atoms with van der Waals surface area (Å²) in [5.41, 5.74) is 1.90. The van der Waals surface area contributed by atoms with Crippen molar-refractivity contribution in [3.05, 3.63) is 58.3 Å². The van der Waals surface area contributed by atoms with Gasteiger partial charge in [-0.1, -0.05) is 30.3 Å². The summed E-state index contributed by atoms with van der Waals surface area (Å²) in [5, 5.41) is 1.96. The Morgan fingerprint density at radius 2 is 1.94 bits per heavy atom. The van der Waals surface area contributed by atoms with Crippen LogP contribution in [-0.4, -0.2) is 9.38 Å². The molecule has 0 spiro atoms. The van der Waals surface area contributed by atoms with Crippen LogP contribution in [0, 0.1) is 0 Å². The predicted octanol–water partition coefficient (Wildman–Crippen LogP) is 2.42. The van der Waals surface area contributed by atoms with E-state index in [0.717, 1.165) is 16.2 Å². The molecule has 0 unspecified atom stereocenters. The fourth-order valence-electron chi connectivity index (χ4n) is 1.66. The minimum absolute atomic E-state index is 0.0369. The predicted molar refractivity (Wildman–Crippen MR) is 64.8 cm³/mol. The van der Waals surface area contributed by atoms with Crippen molar-refractivity contribution in [2.24, 2.45) is 0 Å². The monoisotopic (exact) mass is 228 g/mol. The van der Waals surface area contributed by atoms with Crippen LogP contribution >= 0.6 is 11.3 Å². The lowest BCUT2D eigenvalue weighted by Gasteiger charge is -1.99. The van der Waals surface area contributed by atoms with Crippen molar-refractivity contribution in [1.82, 2.24) is 9.38 Å². The second kappa shape index (κ2) is 3.57. The number of benzene rings is 1. The molecule has 3 rings (SSSR count). The summed E-state index contributed by atoms with van der Waals surface area (Å²) in [6, 6.07) is 11.3. The molecular formula is C12H8N2OS. The number of hydrogen-bond acceptors (Lipinski definition) is 3. The van der Waals surface area contributed by atoms with Gasteiger partial charge in [-0.05, 0) is 5.56 Å². The molecule has 0 fully saturated rings. The van der Waals surface area contributed by atoms with Gasteiger partial charge in [0.15, 0.2) is 4.96 Å². The van der Waals surface area contributed by atoms with E-state index in [0.29, 0.717) is 0 Å². The number of hydrogen-bond donors (Lipinski definition) is 0. The van der Waals surface area contributed by atoms with Crippen LogP contribution in [0.3, 0.4) is 0 Å². The van der Waals surface area contributed by atoms with E-state index in [1.165, 1.54) is 17.4 Å². The van der Waals surface area contributed by atoms with Gasteiger partial charge < -0.3 is 0 Å². The maximum atomic E-state index is 11.8. The number of aromatic nitrogens is 2. The summed E-state index contributed by atoms with van der Waals surface area (Å²) in [6.07, 6.45) is 1.54. The molecule has 2 heterocycles. The molecule has 0 radical (unpaired) electrons. The maximum Gasteiger partial charge on any atom is 0.258 e. The highest BCUT2D eigenvalue weighted by atomic mass is 32.1. The Bertz CT molecular complexity index is 685. The third-order valence-electron chi connectivity index (χ3n) is 2.40. The van der Waals surface area contributed by atoms with Crippen LogP contribution in [0.25, 0.3) is 16.2 Å². The van der Waals surface area contributed by atoms with Crippen LogP contribution in [0.2, 0.25) is 0 Å². The number of thiazole rings is 1. The van der Waals surface area contributed by atoms with Crippen molar-refractivity contribution in [1.29, 1.82) is 0 Å². The standard InChI is InChI=1S/C12H8N2OS/c15-11-6-7-13-12-14(11)10(8-16-12)9-4-2-1-3-5-9/h1-8H. The average Bonchev–Trinajstić information content (AvgIpc) is 2.75. The van der Waals surface area contributed by atoms with Crippen molar-refractivity contribution in [3.8, 4) is 11.3 Å². The smallest absolute Gasteiger partial charge is 0.258 e. The molecule has 78 valence electrons. The van der Waals surface area contributed by atoms with E-state index in [-0.39, 0.29) is 5.56 Å². The zero-order valence-corrected chi connectivity index (χ0v) is 9.15. The molecule has 3 nitrogen and oxygen atoms in total. The molecule has 16 heavy (non-hydrogen) atoms. The molecule has 0 N–H and O–H groups in total. The summed E-state index contributed by atoms with van der Waals surface area (Å²) >= 11 is 1.47. The molecule has 0 saturated carbocycles. The summed E-state index contributed by atoms with van der Waals surface area (Å²) in [4.78, 5) is 16.7. The van der Waals surface area contributed by atoms with Gasteiger partial charge in [-0.15, -0.1) is 11.3 Å². The lowest BCUT2D eigenvalue weighted by molar-refractivity contribution is 1.08. The molecule has 0 saturated heterocycles. The van der Waals surface area contributed by atoms with E-state index in [1.807, 2.05) is 35.7 Å². The first kappa shape index (κ1) is 9.30. The van der Waals surface area contributed by atoms with Crippen LogP contribution in [0.5, 0.6) is 0 Å². The van der Waals surface area contributed by atoms with Gasteiger partial charge in [0.05, 0.1) is 5.69 Å². The van der Waals surface area contributed by atoms with Crippen LogP contribution < -0.4 is 5.56 Å². The van der Waals surface area contributed by atoms with Gasteiger partial charge >= 0.3 is 0 Å². The largest absolute Gasteiger partial charge is 0.269 e. The first-order valence-electron chi connectivity index (χ1n) is 4.87. The Labute approximate surface area is 95.6 Å². The van der Waals surface area contributed by atoms with Crippen molar-refractivity contribution >= 4 is 16.3 Å². The molecular weight excluding hydrogens is 220 g/mol. The van der Waals surface area contributed by atoms with Gasteiger partial charge in [-0.2, -0.15) is 0 Å². The normalized spacial score (nSPS) is 10.8. The van der Waals surface area contributed by atoms with E-state index >= 15 is 0 Å². The zero-order valence-electron chi connectivity index (χ0n) is 8.33. The first-order valence-corrected chi connectivity index (χ1v) is 5.75. The lowest BCUT2D eigenvalue weighted by atomic mass is 10.2. The molecule has 3 aromatic rings. The Morgan fingerprint density at radius 1 is 1.12 bits per heavy atom. The second-order valence-electron chi connectivity index (χ2n) is 3.39. The van der Waals surface area contributed by atoms with Gasteiger partial charge in [-0.25, -0.2) is 4.98 Å². The summed E-state index contributed by atoms with van der Waals surface area (Å²) in [5.74, 6) is 0. The van der Waals surface area contributed by atoms with Crippen LogP contribution in [-0.2, 0) is 0 Å². The van der Waals surface area contributed by atoms with E-state index in [4.69, 9.17) is 0 Å². The third kappa shape index (κ3) is 1.35. The van der Waals surface area contributed by atoms with E-state index in [2.05, 4.69) is 4.98 Å². The SMILES string of the molecule is O=c1ccnc2scc(-c3ccccc3)n12. The van der Waals surface area contributed by atoms with Gasteiger partial charge in [0, 0.05) is 17.6 Å². The van der Waals surface area contributed by atoms with Crippen molar-refractivity contribution in [2.45, 2.75) is 0 Å². The van der Waals surface area contributed by atoms with Crippen molar-refractivity contribution in [2.75, 3.05) is 0 Å². The molecule has 4 heteroatoms. The summed E-state index contributed by atoms with van der Waals surface area (Å²) in [6.45, 7) is 0. The first-order chi connectivity index (χ1) is 7.86. The van der Waals surface area contributed by atoms with E-state index in [1.54, 1.807) is 10.6 Å². The zero-order chi connectivity index (χ0) is 11.0. The Morgan fingerprint density at radius 3 is 2.75 bits per heavy atom. The van der Waals surface area contributed by atoms with E-state index < -0.39 is 0 Å². The van der Waals surface area contributed by atoms with Crippen LogP contribution in [0.4, 0.5) is 0 Å². The third-order valence-corrected chi connectivity index (χ3v) is 3.24. The summed E-state index contributed by atoms with van der Waals surface area (Å²) < 4.78 is 1.64. The van der Waals surface area contributed by atoms with Gasteiger partial charge in [-0.3, -0.25) is 9.20 Å². The molecule has 0 amide bonds. The number of nitrogens with zero attached hydrogens (tertiary/aromatic N) is 2. The Balaban J connectivity index is 2.38. The molecule has 0 aliphatic heterocycles. The molecule has 1 aromatic carbocycles. The molecule has 0 aliphatic rings.